The third-order valence-corrected chi connectivity index (χ3v) is 4.38. The van der Waals surface area contributed by atoms with E-state index in [4.69, 9.17) is 0 Å². The van der Waals surface area contributed by atoms with Crippen LogP contribution in [-0.2, 0) is 9.59 Å². The Balaban J connectivity index is 1.80. The SMILES string of the molecule is O=C(CCC(=O)Nc1ccccc1F)NN=Cc1cc(Br)c(O)c(Br)c1. The molecule has 6 nitrogen and oxygen atoms in total. The Kier molecular flexibility index (Phi) is 7.28. The fourth-order valence-electron chi connectivity index (χ4n) is 1.90. The minimum atomic E-state index is -0.541. The molecular weight excluding hydrogens is 473 g/mol. The number of benzene rings is 2. The van der Waals surface area contributed by atoms with E-state index in [2.05, 4.69) is 47.7 Å². The van der Waals surface area contributed by atoms with Crippen LogP contribution in [0.4, 0.5) is 10.1 Å². The fraction of sp³-hybridized carbons (Fsp3) is 0.118. The molecule has 2 aromatic carbocycles. The predicted molar refractivity (Wildman–Crippen MR) is 104 cm³/mol. The molecule has 0 aromatic heterocycles. The number of aromatic hydroxyl groups is 1. The lowest BCUT2D eigenvalue weighted by molar-refractivity contribution is -0.124. The Morgan fingerprint density at radius 3 is 2.38 bits per heavy atom. The van der Waals surface area contributed by atoms with Gasteiger partial charge in [0.25, 0.3) is 0 Å². The third kappa shape index (κ3) is 5.92. The molecule has 0 fully saturated rings. The first kappa shape index (κ1) is 20.1. The van der Waals surface area contributed by atoms with Gasteiger partial charge >= 0.3 is 0 Å². The number of anilines is 1. The van der Waals surface area contributed by atoms with Crippen LogP contribution in [0.25, 0.3) is 0 Å². The van der Waals surface area contributed by atoms with Crippen molar-refractivity contribution in [2.45, 2.75) is 12.8 Å². The van der Waals surface area contributed by atoms with Gasteiger partial charge in [-0.15, -0.1) is 0 Å². The van der Waals surface area contributed by atoms with E-state index >= 15 is 0 Å². The highest BCUT2D eigenvalue weighted by Crippen LogP contribution is 2.32. The van der Waals surface area contributed by atoms with Crippen LogP contribution in [-0.4, -0.2) is 23.1 Å². The van der Waals surface area contributed by atoms with Gasteiger partial charge in [0.05, 0.1) is 20.8 Å². The number of rotatable bonds is 6. The van der Waals surface area contributed by atoms with Crippen molar-refractivity contribution in [3.63, 3.8) is 0 Å². The zero-order chi connectivity index (χ0) is 19.1. The molecule has 2 aromatic rings. The predicted octanol–water partition coefficient (Wildman–Crippen LogP) is 3.93. The van der Waals surface area contributed by atoms with Crippen LogP contribution < -0.4 is 10.7 Å². The van der Waals surface area contributed by atoms with Gasteiger partial charge in [0.1, 0.15) is 11.6 Å². The van der Waals surface area contributed by atoms with Gasteiger partial charge in [-0.25, -0.2) is 9.82 Å². The smallest absolute Gasteiger partial charge is 0.240 e. The topological polar surface area (TPSA) is 90.8 Å². The van der Waals surface area contributed by atoms with Crippen molar-refractivity contribution in [1.82, 2.24) is 5.43 Å². The number of para-hydroxylation sites is 1. The average molecular weight is 487 g/mol. The van der Waals surface area contributed by atoms with Gasteiger partial charge in [0, 0.05) is 12.8 Å². The number of carbonyl (C=O) groups is 2. The summed E-state index contributed by atoms with van der Waals surface area (Å²) >= 11 is 6.38. The molecule has 0 aliphatic rings. The molecule has 136 valence electrons. The quantitative estimate of drug-likeness (QED) is 0.427. The zero-order valence-corrected chi connectivity index (χ0v) is 16.5. The van der Waals surface area contributed by atoms with E-state index in [1.807, 2.05) is 0 Å². The summed E-state index contributed by atoms with van der Waals surface area (Å²) in [6.45, 7) is 0. The maximum absolute atomic E-state index is 13.4. The van der Waals surface area contributed by atoms with E-state index < -0.39 is 17.6 Å². The van der Waals surface area contributed by atoms with Crippen molar-refractivity contribution in [2.75, 3.05) is 5.32 Å². The fourth-order valence-corrected chi connectivity index (χ4v) is 3.12. The Morgan fingerprint density at radius 2 is 1.73 bits per heavy atom. The van der Waals surface area contributed by atoms with Crippen molar-refractivity contribution in [1.29, 1.82) is 0 Å². The van der Waals surface area contributed by atoms with Gasteiger partial charge in [-0.1, -0.05) is 12.1 Å². The molecule has 0 atom stereocenters. The van der Waals surface area contributed by atoms with E-state index in [0.29, 0.717) is 14.5 Å². The molecule has 0 unspecified atom stereocenters. The average Bonchev–Trinajstić information content (AvgIpc) is 2.60. The maximum atomic E-state index is 13.4. The summed E-state index contributed by atoms with van der Waals surface area (Å²) < 4.78 is 14.4. The molecule has 0 spiro atoms. The number of phenols is 1. The van der Waals surface area contributed by atoms with E-state index in [1.54, 1.807) is 18.2 Å². The molecule has 0 saturated heterocycles. The highest BCUT2D eigenvalue weighted by Gasteiger charge is 2.09. The second-order valence-corrected chi connectivity index (χ2v) is 6.86. The van der Waals surface area contributed by atoms with Crippen molar-refractivity contribution in [2.24, 2.45) is 5.10 Å². The number of phenolic OH excluding ortho intramolecular Hbond substituents is 1. The minimum absolute atomic E-state index is 0.0621. The summed E-state index contributed by atoms with van der Waals surface area (Å²) in [6.07, 6.45) is 1.19. The van der Waals surface area contributed by atoms with E-state index in [0.717, 1.165) is 0 Å². The van der Waals surface area contributed by atoms with Crippen LogP contribution in [0, 0.1) is 5.82 Å². The summed E-state index contributed by atoms with van der Waals surface area (Å²) in [6, 6.07) is 9.03. The van der Waals surface area contributed by atoms with Crippen molar-refractivity contribution in [3.8, 4) is 5.75 Å². The summed E-state index contributed by atoms with van der Waals surface area (Å²) in [5, 5.41) is 15.8. The highest BCUT2D eigenvalue weighted by atomic mass is 79.9. The standard InChI is InChI=1S/C17H14Br2FN3O3/c18-11-7-10(8-12(19)17(11)26)9-21-23-16(25)6-5-15(24)22-14-4-2-1-3-13(14)20/h1-4,7-9,26H,5-6H2,(H,22,24)(H,23,25). The largest absolute Gasteiger partial charge is 0.506 e. The van der Waals surface area contributed by atoms with E-state index in [1.165, 1.54) is 24.4 Å². The molecule has 0 aliphatic heterocycles. The zero-order valence-electron chi connectivity index (χ0n) is 13.3. The number of hydrazone groups is 1. The van der Waals surface area contributed by atoms with Gasteiger partial charge in [0.15, 0.2) is 0 Å². The van der Waals surface area contributed by atoms with Crippen LogP contribution in [0.5, 0.6) is 5.75 Å². The van der Waals surface area contributed by atoms with E-state index in [-0.39, 0.29) is 24.3 Å². The highest BCUT2D eigenvalue weighted by molar-refractivity contribution is 9.11. The Bertz CT molecular complexity index is 836. The lowest BCUT2D eigenvalue weighted by Gasteiger charge is -2.05. The molecule has 0 aliphatic carbocycles. The molecule has 3 N–H and O–H groups in total. The lowest BCUT2D eigenvalue weighted by Crippen LogP contribution is -2.20. The summed E-state index contributed by atoms with van der Waals surface area (Å²) in [5.74, 6) is -1.41. The second kappa shape index (κ2) is 9.44. The number of hydrogen-bond acceptors (Lipinski definition) is 4. The molecule has 0 radical (unpaired) electrons. The van der Waals surface area contributed by atoms with Crippen LogP contribution in [0.15, 0.2) is 50.4 Å². The first-order valence-corrected chi connectivity index (χ1v) is 8.99. The molecule has 2 rings (SSSR count). The van der Waals surface area contributed by atoms with Gasteiger partial charge in [-0.2, -0.15) is 5.10 Å². The van der Waals surface area contributed by atoms with Gasteiger partial charge in [-0.05, 0) is 61.7 Å². The lowest BCUT2D eigenvalue weighted by atomic mass is 10.2. The van der Waals surface area contributed by atoms with Crippen LogP contribution in [0.2, 0.25) is 0 Å². The van der Waals surface area contributed by atoms with Gasteiger partial charge < -0.3 is 10.4 Å². The third-order valence-electron chi connectivity index (χ3n) is 3.17. The Hall–Kier alpha value is -2.26. The van der Waals surface area contributed by atoms with Crippen molar-refractivity contribution in [3.05, 3.63) is 56.7 Å². The first-order chi connectivity index (χ1) is 12.4. The molecule has 2 amide bonds. The molecule has 0 saturated carbocycles. The van der Waals surface area contributed by atoms with Crippen LogP contribution in [0.3, 0.4) is 0 Å². The Morgan fingerprint density at radius 1 is 1.12 bits per heavy atom. The first-order valence-electron chi connectivity index (χ1n) is 7.41. The molecule has 26 heavy (non-hydrogen) atoms. The number of amides is 2. The van der Waals surface area contributed by atoms with E-state index in [9.17, 15) is 19.1 Å². The number of nitrogens with one attached hydrogen (secondary N) is 2. The van der Waals surface area contributed by atoms with Crippen LogP contribution in [0.1, 0.15) is 18.4 Å². The molecule has 9 heteroatoms. The minimum Gasteiger partial charge on any atom is -0.506 e. The number of nitrogens with zero attached hydrogens (tertiary/aromatic N) is 1. The monoisotopic (exact) mass is 485 g/mol. The van der Waals surface area contributed by atoms with Gasteiger partial charge in [0.2, 0.25) is 11.8 Å². The van der Waals surface area contributed by atoms with Crippen molar-refractivity contribution >= 4 is 55.6 Å². The second-order valence-electron chi connectivity index (χ2n) is 5.15. The van der Waals surface area contributed by atoms with Gasteiger partial charge in [-0.3, -0.25) is 9.59 Å². The molecular formula is C17H14Br2FN3O3. The van der Waals surface area contributed by atoms with Crippen molar-refractivity contribution < 1.29 is 19.1 Å². The Labute approximate surface area is 165 Å². The normalized spacial score (nSPS) is 10.7. The summed E-state index contributed by atoms with van der Waals surface area (Å²) in [7, 11) is 0. The molecule has 0 bridgehead atoms. The summed E-state index contributed by atoms with van der Waals surface area (Å²) in [4.78, 5) is 23.4. The number of carbonyl (C=O) groups excluding carboxylic acids is 2. The summed E-state index contributed by atoms with van der Waals surface area (Å²) in [5.41, 5.74) is 3.01. The molecule has 0 heterocycles. The maximum Gasteiger partial charge on any atom is 0.240 e. The number of hydrogen-bond donors (Lipinski definition) is 3. The number of halogens is 3. The van der Waals surface area contributed by atoms with Crippen LogP contribution >= 0.6 is 31.9 Å².